The predicted molar refractivity (Wildman–Crippen MR) is 115 cm³/mol. The first-order valence-electron chi connectivity index (χ1n) is 9.66. The average Bonchev–Trinajstić information content (AvgIpc) is 3.40. The van der Waals surface area contributed by atoms with Crippen molar-refractivity contribution in [2.45, 2.75) is 5.92 Å². The van der Waals surface area contributed by atoms with Gasteiger partial charge in [-0.05, 0) is 17.2 Å². The number of nitrogens with one attached hydrogen (secondary N) is 3. The van der Waals surface area contributed by atoms with Crippen molar-refractivity contribution in [1.82, 2.24) is 24.7 Å². The molecule has 3 heterocycles. The molecule has 148 valence electrons. The molecule has 2 aromatic carbocycles. The molecule has 1 unspecified atom stereocenters. The number of hydrogen-bond donors (Lipinski definition) is 3. The Hall–Kier alpha value is -4.13. The Morgan fingerprint density at radius 1 is 1.07 bits per heavy atom. The summed E-state index contributed by atoms with van der Waals surface area (Å²) in [5, 5.41) is 4.11. The Labute approximate surface area is 171 Å². The molecule has 7 heteroatoms. The first-order valence-corrected chi connectivity index (χ1v) is 9.66. The highest BCUT2D eigenvalue weighted by Gasteiger charge is 2.20. The fourth-order valence-electron chi connectivity index (χ4n) is 3.80. The van der Waals surface area contributed by atoms with Crippen LogP contribution in [0.1, 0.15) is 27.5 Å². The lowest BCUT2D eigenvalue weighted by atomic mass is 9.91. The smallest absolute Gasteiger partial charge is 0.291 e. The third-order valence-electron chi connectivity index (χ3n) is 5.28. The lowest BCUT2D eigenvalue weighted by Gasteiger charge is -2.18. The third kappa shape index (κ3) is 3.16. The molecule has 0 saturated heterocycles. The van der Waals surface area contributed by atoms with Crippen molar-refractivity contribution in [2.24, 2.45) is 0 Å². The van der Waals surface area contributed by atoms with E-state index in [1.807, 2.05) is 42.6 Å². The molecular weight excluding hydrogens is 378 g/mol. The Balaban J connectivity index is 1.46. The molecule has 1 atom stereocenters. The highest BCUT2D eigenvalue weighted by atomic mass is 16.2. The molecule has 30 heavy (non-hydrogen) atoms. The van der Waals surface area contributed by atoms with Crippen LogP contribution in [0.4, 0.5) is 0 Å². The number of carbonyl (C=O) groups excluding carboxylic acids is 1. The van der Waals surface area contributed by atoms with E-state index in [0.29, 0.717) is 6.54 Å². The van der Waals surface area contributed by atoms with Crippen LogP contribution in [0.15, 0.2) is 84.2 Å². The zero-order chi connectivity index (χ0) is 20.5. The van der Waals surface area contributed by atoms with Crippen LogP contribution >= 0.6 is 0 Å². The van der Waals surface area contributed by atoms with E-state index in [0.717, 1.165) is 22.0 Å². The normalized spacial score (nSPS) is 12.3. The number of imidazole rings is 1. The van der Waals surface area contributed by atoms with Gasteiger partial charge < -0.3 is 19.7 Å². The molecule has 3 aromatic heterocycles. The Bertz CT molecular complexity index is 1400. The van der Waals surface area contributed by atoms with Crippen molar-refractivity contribution in [3.63, 3.8) is 0 Å². The van der Waals surface area contributed by atoms with Crippen molar-refractivity contribution < 1.29 is 4.79 Å². The van der Waals surface area contributed by atoms with Gasteiger partial charge in [0.25, 0.3) is 11.5 Å². The molecule has 5 aromatic rings. The number of para-hydroxylation sites is 1. The fraction of sp³-hybridized carbons (Fsp3) is 0.0870. The summed E-state index contributed by atoms with van der Waals surface area (Å²) >= 11 is 0. The number of carbonyl (C=O) groups is 1. The van der Waals surface area contributed by atoms with Gasteiger partial charge in [-0.2, -0.15) is 0 Å². The van der Waals surface area contributed by atoms with Crippen LogP contribution in [0.3, 0.4) is 0 Å². The molecule has 3 N–H and O–H groups in total. The second kappa shape index (κ2) is 7.36. The first kappa shape index (κ1) is 17.9. The zero-order valence-electron chi connectivity index (χ0n) is 16.0. The predicted octanol–water partition coefficient (Wildman–Crippen LogP) is 3.07. The highest BCUT2D eigenvalue weighted by molar-refractivity contribution is 5.93. The molecule has 0 bridgehead atoms. The molecule has 0 radical (unpaired) electrons. The van der Waals surface area contributed by atoms with Gasteiger partial charge in [-0.25, -0.2) is 4.98 Å². The Kier molecular flexibility index (Phi) is 4.40. The Morgan fingerprint density at radius 2 is 1.87 bits per heavy atom. The first-order chi connectivity index (χ1) is 14.7. The largest absolute Gasteiger partial charge is 0.361 e. The summed E-state index contributed by atoms with van der Waals surface area (Å²) in [6.07, 6.45) is 6.72. The number of H-pyrrole nitrogens is 2. The standard InChI is InChI=1S/C23H19N5O2/c29-22(20-14-28-11-10-24-23(30)21(28)27-20)26-12-17(15-6-2-1-3-7-15)18-13-25-19-9-5-4-8-16(18)19/h1-11,13-14,17,25H,12H2,(H,24,30)(H,26,29). The van der Waals surface area contributed by atoms with Crippen molar-refractivity contribution in [2.75, 3.05) is 6.54 Å². The van der Waals surface area contributed by atoms with Gasteiger partial charge in [-0.15, -0.1) is 0 Å². The average molecular weight is 397 g/mol. The molecule has 0 aliphatic heterocycles. The van der Waals surface area contributed by atoms with Gasteiger partial charge in [0.15, 0.2) is 0 Å². The van der Waals surface area contributed by atoms with E-state index in [2.05, 4.69) is 38.5 Å². The number of benzene rings is 2. The monoisotopic (exact) mass is 397 g/mol. The molecule has 0 spiro atoms. The fourth-order valence-corrected chi connectivity index (χ4v) is 3.80. The van der Waals surface area contributed by atoms with Gasteiger partial charge in [0.1, 0.15) is 5.69 Å². The van der Waals surface area contributed by atoms with Crippen LogP contribution in [0.25, 0.3) is 16.6 Å². The van der Waals surface area contributed by atoms with Gasteiger partial charge in [-0.3, -0.25) is 9.59 Å². The van der Waals surface area contributed by atoms with Crippen LogP contribution in [0.5, 0.6) is 0 Å². The van der Waals surface area contributed by atoms with E-state index in [-0.39, 0.29) is 28.7 Å². The van der Waals surface area contributed by atoms with Crippen LogP contribution in [0.2, 0.25) is 0 Å². The number of hydrogen-bond acceptors (Lipinski definition) is 3. The minimum absolute atomic E-state index is 0.0354. The molecule has 7 nitrogen and oxygen atoms in total. The number of rotatable bonds is 5. The summed E-state index contributed by atoms with van der Waals surface area (Å²) in [5.41, 5.74) is 3.34. The van der Waals surface area contributed by atoms with Crippen LogP contribution in [0, 0.1) is 0 Å². The van der Waals surface area contributed by atoms with E-state index in [4.69, 9.17) is 0 Å². The van der Waals surface area contributed by atoms with Gasteiger partial charge in [0.2, 0.25) is 5.65 Å². The van der Waals surface area contributed by atoms with E-state index in [9.17, 15) is 9.59 Å². The maximum atomic E-state index is 12.8. The number of aromatic amines is 2. The molecule has 1 amide bonds. The highest BCUT2D eigenvalue weighted by Crippen LogP contribution is 2.30. The summed E-state index contributed by atoms with van der Waals surface area (Å²) in [6, 6.07) is 18.2. The molecule has 5 rings (SSSR count). The maximum absolute atomic E-state index is 12.8. The summed E-state index contributed by atoms with van der Waals surface area (Å²) in [6.45, 7) is 0.398. The zero-order valence-corrected chi connectivity index (χ0v) is 16.0. The van der Waals surface area contributed by atoms with E-state index in [1.54, 1.807) is 16.8 Å². The van der Waals surface area contributed by atoms with Gasteiger partial charge >= 0.3 is 0 Å². The topological polar surface area (TPSA) is 95.0 Å². The van der Waals surface area contributed by atoms with Crippen molar-refractivity contribution in [3.05, 3.63) is 107 Å². The number of nitrogens with zero attached hydrogens (tertiary/aromatic N) is 2. The summed E-state index contributed by atoms with van der Waals surface area (Å²) in [5.74, 6) is -0.356. The molecular formula is C23H19N5O2. The Morgan fingerprint density at radius 3 is 2.70 bits per heavy atom. The van der Waals surface area contributed by atoms with Crippen LogP contribution in [-0.2, 0) is 0 Å². The van der Waals surface area contributed by atoms with E-state index >= 15 is 0 Å². The lowest BCUT2D eigenvalue weighted by Crippen LogP contribution is -2.29. The number of amides is 1. The quantitative estimate of drug-likeness (QED) is 0.425. The molecule has 0 saturated carbocycles. The minimum Gasteiger partial charge on any atom is -0.361 e. The van der Waals surface area contributed by atoms with Crippen LogP contribution < -0.4 is 10.9 Å². The number of aromatic nitrogens is 4. The van der Waals surface area contributed by atoms with Gasteiger partial charge in [-0.1, -0.05) is 48.5 Å². The summed E-state index contributed by atoms with van der Waals surface area (Å²) < 4.78 is 1.54. The van der Waals surface area contributed by atoms with Gasteiger partial charge in [0, 0.05) is 48.2 Å². The van der Waals surface area contributed by atoms with E-state index in [1.165, 1.54) is 6.20 Å². The minimum atomic E-state index is -0.336. The third-order valence-corrected chi connectivity index (χ3v) is 5.28. The van der Waals surface area contributed by atoms with E-state index < -0.39 is 0 Å². The van der Waals surface area contributed by atoms with Crippen molar-refractivity contribution in [1.29, 1.82) is 0 Å². The van der Waals surface area contributed by atoms with Crippen molar-refractivity contribution >= 4 is 22.5 Å². The second-order valence-electron chi connectivity index (χ2n) is 7.11. The summed E-state index contributed by atoms with van der Waals surface area (Å²) in [4.78, 5) is 34.7. The molecule has 0 aliphatic carbocycles. The van der Waals surface area contributed by atoms with Crippen molar-refractivity contribution in [3.8, 4) is 0 Å². The maximum Gasteiger partial charge on any atom is 0.291 e. The molecule has 0 fully saturated rings. The lowest BCUT2D eigenvalue weighted by molar-refractivity contribution is 0.0948. The van der Waals surface area contributed by atoms with Crippen LogP contribution in [-0.4, -0.2) is 31.8 Å². The molecule has 0 aliphatic rings. The van der Waals surface area contributed by atoms with Gasteiger partial charge in [0.05, 0.1) is 0 Å². The number of fused-ring (bicyclic) bond motifs is 2. The SMILES string of the molecule is O=C(NCC(c1ccccc1)c1c[nH]c2ccccc12)c1cn2cc[nH]c(=O)c2n1. The summed E-state index contributed by atoms with van der Waals surface area (Å²) in [7, 11) is 0. The second-order valence-corrected chi connectivity index (χ2v) is 7.11.